The van der Waals surface area contributed by atoms with Crippen molar-refractivity contribution in [3.63, 3.8) is 0 Å². The Balaban J connectivity index is 0. The lowest BCUT2D eigenvalue weighted by molar-refractivity contribution is -0.143. The minimum Gasteiger partial charge on any atom is -0.466 e. The van der Waals surface area contributed by atoms with Gasteiger partial charge in [0.05, 0.1) is 24.8 Å². The number of pyridine rings is 1. The first-order valence-electron chi connectivity index (χ1n) is 4.56. The van der Waals surface area contributed by atoms with Crippen molar-refractivity contribution in [3.8, 4) is 0 Å². The molecule has 0 amide bonds. The molecule has 0 spiro atoms. The molecule has 0 bridgehead atoms. The van der Waals surface area contributed by atoms with Gasteiger partial charge in [0.1, 0.15) is 0 Å². The summed E-state index contributed by atoms with van der Waals surface area (Å²) in [5, 5.41) is 0. The zero-order valence-electron chi connectivity index (χ0n) is 8.96. The molecule has 0 aromatic carbocycles. The summed E-state index contributed by atoms with van der Waals surface area (Å²) in [5.74, 6) is -0.286. The fraction of sp³-hybridized carbons (Fsp3) is 0.400. The third-order valence-corrected chi connectivity index (χ3v) is 1.76. The Morgan fingerprint density at radius 1 is 1.50 bits per heavy atom. The zero-order chi connectivity index (χ0) is 10.4. The average molecular weight is 267 g/mol. The molecule has 0 radical (unpaired) electrons. The van der Waals surface area contributed by atoms with Crippen LogP contribution in [0.5, 0.6) is 0 Å². The number of carbonyl (C=O) groups excluding carboxylic acids is 1. The van der Waals surface area contributed by atoms with E-state index < -0.39 is 0 Å². The highest BCUT2D eigenvalue weighted by atomic mass is 35.5. The maximum absolute atomic E-state index is 11.1. The van der Waals surface area contributed by atoms with Gasteiger partial charge >= 0.3 is 5.97 Å². The summed E-state index contributed by atoms with van der Waals surface area (Å²) in [6.07, 6.45) is 1.82. The standard InChI is InChI=1S/C10H14N2O2.2ClH/c1-2-14-10(13)7-8(11)9-5-3-4-6-12-9;;/h3-6,8H,2,7,11H2,1H3;2*1H/t8-;;/m0../s1. The number of nitrogens with two attached hydrogens (primary N) is 1. The van der Waals surface area contributed by atoms with Gasteiger partial charge < -0.3 is 10.5 Å². The zero-order valence-corrected chi connectivity index (χ0v) is 10.6. The fourth-order valence-electron chi connectivity index (χ4n) is 1.10. The van der Waals surface area contributed by atoms with Crippen molar-refractivity contribution >= 4 is 30.8 Å². The van der Waals surface area contributed by atoms with E-state index in [0.717, 1.165) is 0 Å². The van der Waals surface area contributed by atoms with E-state index >= 15 is 0 Å². The summed E-state index contributed by atoms with van der Waals surface area (Å²) in [6, 6.07) is 5.06. The molecule has 1 aromatic heterocycles. The van der Waals surface area contributed by atoms with Gasteiger partial charge in [-0.25, -0.2) is 0 Å². The second-order valence-corrected chi connectivity index (χ2v) is 2.87. The molecule has 0 fully saturated rings. The molecule has 6 heteroatoms. The van der Waals surface area contributed by atoms with Crippen molar-refractivity contribution < 1.29 is 9.53 Å². The van der Waals surface area contributed by atoms with Gasteiger partial charge in [0.15, 0.2) is 0 Å². The van der Waals surface area contributed by atoms with Crippen LogP contribution < -0.4 is 5.73 Å². The molecule has 0 saturated carbocycles. The molecule has 1 aromatic rings. The predicted molar refractivity (Wildman–Crippen MR) is 66.9 cm³/mol. The van der Waals surface area contributed by atoms with Crippen LogP contribution in [0.2, 0.25) is 0 Å². The highest BCUT2D eigenvalue weighted by Gasteiger charge is 2.12. The summed E-state index contributed by atoms with van der Waals surface area (Å²) in [7, 11) is 0. The first-order chi connectivity index (χ1) is 6.74. The average Bonchev–Trinajstić information content (AvgIpc) is 2.19. The predicted octanol–water partition coefficient (Wildman–Crippen LogP) is 1.88. The largest absolute Gasteiger partial charge is 0.466 e. The maximum atomic E-state index is 11.1. The molecule has 0 aliphatic heterocycles. The van der Waals surface area contributed by atoms with Gasteiger partial charge in [-0.1, -0.05) is 6.07 Å². The topological polar surface area (TPSA) is 65.2 Å². The van der Waals surface area contributed by atoms with Gasteiger partial charge in [-0.15, -0.1) is 24.8 Å². The lowest BCUT2D eigenvalue weighted by atomic mass is 10.1. The van der Waals surface area contributed by atoms with Crippen molar-refractivity contribution in [2.24, 2.45) is 5.73 Å². The maximum Gasteiger partial charge on any atom is 0.307 e. The number of rotatable bonds is 4. The Morgan fingerprint density at radius 3 is 2.69 bits per heavy atom. The van der Waals surface area contributed by atoms with Crippen LogP contribution in [0, 0.1) is 0 Å². The van der Waals surface area contributed by atoms with Gasteiger partial charge in [-0.3, -0.25) is 9.78 Å². The number of esters is 1. The lowest BCUT2D eigenvalue weighted by Crippen LogP contribution is -2.18. The normalized spacial score (nSPS) is 10.6. The summed E-state index contributed by atoms with van der Waals surface area (Å²) >= 11 is 0. The number of carbonyl (C=O) groups is 1. The van der Waals surface area contributed by atoms with Crippen molar-refractivity contribution in [3.05, 3.63) is 30.1 Å². The van der Waals surface area contributed by atoms with Crippen LogP contribution in [-0.4, -0.2) is 17.6 Å². The van der Waals surface area contributed by atoms with Crippen LogP contribution in [0.4, 0.5) is 0 Å². The van der Waals surface area contributed by atoms with Crippen molar-refractivity contribution in [2.45, 2.75) is 19.4 Å². The third kappa shape index (κ3) is 5.90. The van der Waals surface area contributed by atoms with E-state index in [9.17, 15) is 4.79 Å². The van der Waals surface area contributed by atoms with E-state index in [2.05, 4.69) is 4.98 Å². The van der Waals surface area contributed by atoms with Crippen LogP contribution in [0.3, 0.4) is 0 Å². The lowest BCUT2D eigenvalue weighted by Gasteiger charge is -2.09. The summed E-state index contributed by atoms with van der Waals surface area (Å²) < 4.78 is 4.79. The van der Waals surface area contributed by atoms with Crippen molar-refractivity contribution in [2.75, 3.05) is 6.61 Å². The van der Waals surface area contributed by atoms with Crippen LogP contribution in [0.1, 0.15) is 25.1 Å². The number of nitrogens with zero attached hydrogens (tertiary/aromatic N) is 1. The fourth-order valence-corrected chi connectivity index (χ4v) is 1.10. The second kappa shape index (κ2) is 9.39. The van der Waals surface area contributed by atoms with Gasteiger partial charge in [0.25, 0.3) is 0 Å². The number of hydrogen-bond acceptors (Lipinski definition) is 4. The number of aromatic nitrogens is 1. The van der Waals surface area contributed by atoms with E-state index in [0.29, 0.717) is 12.3 Å². The molecule has 1 heterocycles. The monoisotopic (exact) mass is 266 g/mol. The Hall–Kier alpha value is -0.840. The number of halogens is 2. The molecule has 16 heavy (non-hydrogen) atoms. The molecule has 1 rings (SSSR count). The van der Waals surface area contributed by atoms with Crippen LogP contribution in [-0.2, 0) is 9.53 Å². The quantitative estimate of drug-likeness (QED) is 0.846. The van der Waals surface area contributed by atoms with Crippen LogP contribution in [0.15, 0.2) is 24.4 Å². The van der Waals surface area contributed by atoms with E-state index in [-0.39, 0.29) is 43.2 Å². The summed E-state index contributed by atoms with van der Waals surface area (Å²) in [5.41, 5.74) is 6.47. The molecule has 4 nitrogen and oxygen atoms in total. The first kappa shape index (κ1) is 17.6. The molecule has 2 N–H and O–H groups in total. The van der Waals surface area contributed by atoms with E-state index in [4.69, 9.17) is 10.5 Å². The van der Waals surface area contributed by atoms with Crippen LogP contribution >= 0.6 is 24.8 Å². The first-order valence-corrected chi connectivity index (χ1v) is 4.56. The van der Waals surface area contributed by atoms with Crippen molar-refractivity contribution in [1.82, 2.24) is 4.98 Å². The van der Waals surface area contributed by atoms with E-state index in [1.807, 2.05) is 6.07 Å². The van der Waals surface area contributed by atoms with Gasteiger partial charge in [-0.05, 0) is 19.1 Å². The summed E-state index contributed by atoms with van der Waals surface area (Å²) in [6.45, 7) is 2.15. The second-order valence-electron chi connectivity index (χ2n) is 2.87. The minimum atomic E-state index is -0.379. The SMILES string of the molecule is CCOC(=O)C[C@H](N)c1ccccn1.Cl.Cl. The molecule has 1 atom stereocenters. The van der Waals surface area contributed by atoms with E-state index in [1.54, 1.807) is 25.3 Å². The van der Waals surface area contributed by atoms with E-state index in [1.165, 1.54) is 0 Å². The van der Waals surface area contributed by atoms with Crippen LogP contribution in [0.25, 0.3) is 0 Å². The van der Waals surface area contributed by atoms with Gasteiger partial charge in [0, 0.05) is 6.20 Å². The molecular weight excluding hydrogens is 251 g/mol. The molecule has 92 valence electrons. The summed E-state index contributed by atoms with van der Waals surface area (Å²) in [4.78, 5) is 15.2. The van der Waals surface area contributed by atoms with Gasteiger partial charge in [0.2, 0.25) is 0 Å². The molecule has 0 unspecified atom stereocenters. The smallest absolute Gasteiger partial charge is 0.307 e. The highest BCUT2D eigenvalue weighted by Crippen LogP contribution is 2.10. The Bertz CT molecular complexity index is 296. The molecule has 0 aliphatic carbocycles. The highest BCUT2D eigenvalue weighted by molar-refractivity contribution is 5.85. The third-order valence-electron chi connectivity index (χ3n) is 1.76. The van der Waals surface area contributed by atoms with Crippen molar-refractivity contribution in [1.29, 1.82) is 0 Å². The molecular formula is C10H16Cl2N2O2. The Labute approximate surface area is 107 Å². The Morgan fingerprint density at radius 2 is 2.19 bits per heavy atom. The Kier molecular flexibility index (Phi) is 10.3. The molecule has 0 saturated heterocycles. The number of hydrogen-bond donors (Lipinski definition) is 1. The number of ether oxygens (including phenoxy) is 1. The van der Waals surface area contributed by atoms with Gasteiger partial charge in [-0.2, -0.15) is 0 Å². The minimum absolute atomic E-state index is 0. The molecule has 0 aliphatic rings.